The number of thioether (sulfide) groups is 2. The maximum Gasteiger partial charge on any atom is 0.114 e. The molecule has 0 aromatic heterocycles. The monoisotopic (exact) mass is 258 g/mol. The highest BCUT2D eigenvalue weighted by atomic mass is 32.2. The maximum absolute atomic E-state index is 3.32. The molecule has 0 aliphatic rings. The second kappa shape index (κ2) is 7.46. The van der Waals surface area contributed by atoms with Gasteiger partial charge in [0, 0.05) is 11.5 Å². The first-order chi connectivity index (χ1) is 8.45. The van der Waals surface area contributed by atoms with Gasteiger partial charge in [-0.3, -0.25) is 0 Å². The Morgan fingerprint density at radius 1 is 0.647 bits per heavy atom. The van der Waals surface area contributed by atoms with Crippen molar-refractivity contribution in [2.24, 2.45) is 0 Å². The third kappa shape index (κ3) is 4.88. The SMILES string of the molecule is [C](SCc1ccccc1)SCc1ccccc1. The van der Waals surface area contributed by atoms with Gasteiger partial charge in [-0.15, -0.1) is 23.5 Å². The molecule has 0 saturated heterocycles. The van der Waals surface area contributed by atoms with Crippen molar-refractivity contribution in [2.75, 3.05) is 0 Å². The van der Waals surface area contributed by atoms with Gasteiger partial charge in [0.1, 0.15) is 5.08 Å². The van der Waals surface area contributed by atoms with E-state index in [4.69, 9.17) is 0 Å². The van der Waals surface area contributed by atoms with E-state index in [1.807, 2.05) is 12.1 Å². The lowest BCUT2D eigenvalue weighted by Gasteiger charge is -2.01. The van der Waals surface area contributed by atoms with E-state index < -0.39 is 0 Å². The highest BCUT2D eigenvalue weighted by Gasteiger charge is 1.96. The average molecular weight is 258 g/mol. The summed E-state index contributed by atoms with van der Waals surface area (Å²) in [5.41, 5.74) is 2.70. The van der Waals surface area contributed by atoms with Gasteiger partial charge < -0.3 is 0 Å². The van der Waals surface area contributed by atoms with Crippen molar-refractivity contribution < 1.29 is 0 Å². The second-order valence-electron chi connectivity index (χ2n) is 3.63. The lowest BCUT2D eigenvalue weighted by Crippen LogP contribution is -1.79. The van der Waals surface area contributed by atoms with Crippen LogP contribution in [0.2, 0.25) is 0 Å². The van der Waals surface area contributed by atoms with E-state index in [0.29, 0.717) is 0 Å². The quantitative estimate of drug-likeness (QED) is 0.679. The molecule has 2 aromatic rings. The molecule has 0 saturated carbocycles. The Morgan fingerprint density at radius 3 is 1.47 bits per heavy atom. The fourth-order valence-electron chi connectivity index (χ4n) is 1.42. The molecule has 0 heterocycles. The molecular weight excluding hydrogens is 244 g/mol. The van der Waals surface area contributed by atoms with E-state index in [0.717, 1.165) is 11.5 Å². The van der Waals surface area contributed by atoms with Crippen LogP contribution in [-0.2, 0) is 11.5 Å². The Balaban J connectivity index is 1.61. The molecular formula is C15H14S2. The maximum atomic E-state index is 3.32. The van der Waals surface area contributed by atoms with Crippen LogP contribution < -0.4 is 0 Å². The summed E-state index contributed by atoms with van der Waals surface area (Å²) in [4.78, 5) is 0. The summed E-state index contributed by atoms with van der Waals surface area (Å²) < 4.78 is 0. The first-order valence-corrected chi connectivity index (χ1v) is 7.49. The molecule has 0 aliphatic heterocycles. The average Bonchev–Trinajstić information content (AvgIpc) is 2.41. The Hall–Kier alpha value is -0.860. The van der Waals surface area contributed by atoms with Crippen LogP contribution >= 0.6 is 23.5 Å². The number of rotatable bonds is 6. The molecule has 0 amide bonds. The molecule has 2 rings (SSSR count). The molecule has 17 heavy (non-hydrogen) atoms. The lowest BCUT2D eigenvalue weighted by atomic mass is 10.2. The van der Waals surface area contributed by atoms with E-state index in [-0.39, 0.29) is 0 Å². The van der Waals surface area contributed by atoms with Gasteiger partial charge in [-0.2, -0.15) is 0 Å². The smallest absolute Gasteiger partial charge is 0.114 e. The van der Waals surface area contributed by atoms with Gasteiger partial charge in [-0.05, 0) is 11.1 Å². The van der Waals surface area contributed by atoms with Crippen molar-refractivity contribution >= 4 is 23.5 Å². The summed E-state index contributed by atoms with van der Waals surface area (Å²) in [7, 11) is 0. The molecule has 0 fully saturated rings. The second-order valence-corrected chi connectivity index (χ2v) is 5.45. The van der Waals surface area contributed by atoms with Crippen LogP contribution in [0.3, 0.4) is 0 Å². The van der Waals surface area contributed by atoms with Crippen LogP contribution in [0.15, 0.2) is 60.7 Å². The van der Waals surface area contributed by atoms with Crippen molar-refractivity contribution in [3.63, 3.8) is 0 Å². The first-order valence-electron chi connectivity index (χ1n) is 5.51. The summed E-state index contributed by atoms with van der Waals surface area (Å²) in [5.74, 6) is 2.01. The molecule has 86 valence electrons. The molecule has 2 heteroatoms. The van der Waals surface area contributed by atoms with E-state index in [2.05, 4.69) is 53.6 Å². The molecule has 0 spiro atoms. The zero-order valence-electron chi connectivity index (χ0n) is 9.50. The van der Waals surface area contributed by atoms with Gasteiger partial charge in [-0.1, -0.05) is 60.7 Å². The Bertz CT molecular complexity index is 370. The third-order valence-electron chi connectivity index (χ3n) is 2.28. The molecule has 0 nitrogen and oxygen atoms in total. The number of hydrogen-bond donors (Lipinski definition) is 0. The Morgan fingerprint density at radius 2 is 1.06 bits per heavy atom. The zero-order valence-corrected chi connectivity index (χ0v) is 11.1. The fraction of sp³-hybridized carbons (Fsp3) is 0.133. The highest BCUT2D eigenvalue weighted by Crippen LogP contribution is 2.25. The van der Waals surface area contributed by atoms with Crippen molar-refractivity contribution in [3.05, 3.63) is 76.9 Å². The van der Waals surface area contributed by atoms with Crippen LogP contribution in [0.25, 0.3) is 0 Å². The van der Waals surface area contributed by atoms with Crippen LogP contribution in [0, 0.1) is 5.08 Å². The van der Waals surface area contributed by atoms with E-state index in [1.54, 1.807) is 23.5 Å². The van der Waals surface area contributed by atoms with Crippen molar-refractivity contribution in [1.82, 2.24) is 0 Å². The van der Waals surface area contributed by atoms with E-state index in [1.165, 1.54) is 11.1 Å². The molecule has 0 aliphatic carbocycles. The van der Waals surface area contributed by atoms with Gasteiger partial charge in [-0.25, -0.2) is 0 Å². The van der Waals surface area contributed by atoms with Gasteiger partial charge in [0.15, 0.2) is 0 Å². The normalized spacial score (nSPS) is 10.4. The van der Waals surface area contributed by atoms with Crippen LogP contribution in [-0.4, -0.2) is 0 Å². The fourth-order valence-corrected chi connectivity index (χ4v) is 2.94. The van der Waals surface area contributed by atoms with Gasteiger partial charge >= 0.3 is 0 Å². The lowest BCUT2D eigenvalue weighted by molar-refractivity contribution is 1.42. The summed E-state index contributed by atoms with van der Waals surface area (Å²) in [6.07, 6.45) is 0. The zero-order chi connectivity index (χ0) is 11.8. The van der Waals surface area contributed by atoms with Gasteiger partial charge in [0.2, 0.25) is 0 Å². The minimum Gasteiger partial charge on any atom is -0.134 e. The molecule has 0 bridgehead atoms. The minimum absolute atomic E-state index is 1.00. The molecule has 0 atom stereocenters. The van der Waals surface area contributed by atoms with Gasteiger partial charge in [0.25, 0.3) is 0 Å². The summed E-state index contributed by atoms with van der Waals surface area (Å²) in [6, 6.07) is 21.0. The Labute approximate surface area is 112 Å². The number of hydrogen-bond acceptors (Lipinski definition) is 2. The van der Waals surface area contributed by atoms with Gasteiger partial charge in [0.05, 0.1) is 0 Å². The molecule has 2 aromatic carbocycles. The number of benzene rings is 2. The minimum atomic E-state index is 1.00. The Kier molecular flexibility index (Phi) is 5.53. The standard InChI is InChI=1S/C15H14S2/c1-3-7-14(8-4-1)11-16-13-17-12-15-9-5-2-6-10-15/h1-10H,11-12H2. The highest BCUT2D eigenvalue weighted by molar-refractivity contribution is 8.18. The summed E-state index contributed by atoms with van der Waals surface area (Å²) in [6.45, 7) is 0. The topological polar surface area (TPSA) is 0 Å². The molecule has 0 unspecified atom stereocenters. The van der Waals surface area contributed by atoms with Crippen molar-refractivity contribution in [3.8, 4) is 0 Å². The molecule has 0 N–H and O–H groups in total. The third-order valence-corrected chi connectivity index (χ3v) is 4.18. The summed E-state index contributed by atoms with van der Waals surface area (Å²) in [5, 5.41) is 3.32. The predicted molar refractivity (Wildman–Crippen MR) is 78.7 cm³/mol. The van der Waals surface area contributed by atoms with E-state index in [9.17, 15) is 0 Å². The first kappa shape index (κ1) is 12.6. The largest absolute Gasteiger partial charge is 0.134 e. The van der Waals surface area contributed by atoms with Crippen molar-refractivity contribution in [1.29, 1.82) is 0 Å². The van der Waals surface area contributed by atoms with Crippen LogP contribution in [0.4, 0.5) is 0 Å². The van der Waals surface area contributed by atoms with Crippen molar-refractivity contribution in [2.45, 2.75) is 11.5 Å². The molecule has 2 radical (unpaired) electrons. The summed E-state index contributed by atoms with van der Waals surface area (Å²) >= 11 is 3.48. The predicted octanol–water partition coefficient (Wildman–Crippen LogP) is 4.85. The van der Waals surface area contributed by atoms with Crippen LogP contribution in [0.5, 0.6) is 0 Å². The van der Waals surface area contributed by atoms with Crippen LogP contribution in [0.1, 0.15) is 11.1 Å². The van der Waals surface area contributed by atoms with E-state index >= 15 is 0 Å².